The van der Waals surface area contributed by atoms with Crippen molar-refractivity contribution >= 4 is 5.91 Å². The lowest BCUT2D eigenvalue weighted by atomic mass is 9.96. The van der Waals surface area contributed by atoms with Gasteiger partial charge in [0.15, 0.2) is 11.5 Å². The molecular weight excluding hydrogens is 442 g/mol. The van der Waals surface area contributed by atoms with Crippen LogP contribution in [0.3, 0.4) is 0 Å². The lowest BCUT2D eigenvalue weighted by Crippen LogP contribution is -2.54. The van der Waals surface area contributed by atoms with Crippen molar-refractivity contribution in [3.8, 4) is 17.2 Å². The molecule has 0 bridgehead atoms. The summed E-state index contributed by atoms with van der Waals surface area (Å²) in [6, 6.07) is 17.0. The molecule has 0 aromatic heterocycles. The summed E-state index contributed by atoms with van der Waals surface area (Å²) >= 11 is 0. The number of nitrogens with zero attached hydrogens (tertiary/aromatic N) is 2. The molecule has 8 heteroatoms. The van der Waals surface area contributed by atoms with Gasteiger partial charge in [-0.15, -0.1) is 0 Å². The fourth-order valence-corrected chi connectivity index (χ4v) is 4.49. The zero-order chi connectivity index (χ0) is 23.7. The number of phenols is 1. The number of hydrogen-bond acceptors (Lipinski definition) is 5. The molecular formula is C26H24F2N2O4. The Bertz CT molecular complexity index is 1120. The lowest BCUT2D eigenvalue weighted by molar-refractivity contribution is -0.143. The Morgan fingerprint density at radius 3 is 2.03 bits per heavy atom. The van der Waals surface area contributed by atoms with Crippen molar-refractivity contribution in [2.24, 2.45) is 0 Å². The molecule has 3 aromatic carbocycles. The summed E-state index contributed by atoms with van der Waals surface area (Å²) in [5, 5.41) is 9.58. The SMILES string of the molecule is O=C(C1COc2cc(O)ccc2O1)N1CCN(C(c2ccc(F)cc2)c2ccc(F)cc2)CC1. The van der Waals surface area contributed by atoms with E-state index >= 15 is 0 Å². The molecule has 1 fully saturated rings. The lowest BCUT2D eigenvalue weighted by Gasteiger charge is -2.41. The van der Waals surface area contributed by atoms with Crippen LogP contribution in [0.25, 0.3) is 0 Å². The number of piperazine rings is 1. The first-order valence-electron chi connectivity index (χ1n) is 11.1. The second-order valence-corrected chi connectivity index (χ2v) is 8.42. The maximum Gasteiger partial charge on any atom is 0.267 e. The Balaban J connectivity index is 1.28. The van der Waals surface area contributed by atoms with Gasteiger partial charge in [-0.1, -0.05) is 24.3 Å². The van der Waals surface area contributed by atoms with Gasteiger partial charge in [-0.2, -0.15) is 0 Å². The maximum absolute atomic E-state index is 13.5. The van der Waals surface area contributed by atoms with Gasteiger partial charge in [-0.05, 0) is 47.5 Å². The predicted octanol–water partition coefficient (Wildman–Crippen LogP) is 3.74. The van der Waals surface area contributed by atoms with Crippen molar-refractivity contribution < 1.29 is 28.2 Å². The Morgan fingerprint density at radius 2 is 1.44 bits per heavy atom. The topological polar surface area (TPSA) is 62.2 Å². The van der Waals surface area contributed by atoms with E-state index in [1.807, 2.05) is 0 Å². The fraction of sp³-hybridized carbons (Fsp3) is 0.269. The van der Waals surface area contributed by atoms with Crippen LogP contribution in [0.5, 0.6) is 17.2 Å². The van der Waals surface area contributed by atoms with Gasteiger partial charge < -0.3 is 19.5 Å². The highest BCUT2D eigenvalue weighted by Crippen LogP contribution is 2.35. The van der Waals surface area contributed by atoms with Gasteiger partial charge in [0.1, 0.15) is 24.0 Å². The van der Waals surface area contributed by atoms with E-state index < -0.39 is 6.10 Å². The number of carbonyl (C=O) groups is 1. The van der Waals surface area contributed by atoms with E-state index in [4.69, 9.17) is 9.47 Å². The Morgan fingerprint density at radius 1 is 0.853 bits per heavy atom. The van der Waals surface area contributed by atoms with Gasteiger partial charge in [0, 0.05) is 32.2 Å². The van der Waals surface area contributed by atoms with Crippen LogP contribution in [0.2, 0.25) is 0 Å². The Hall–Kier alpha value is -3.65. The third-order valence-electron chi connectivity index (χ3n) is 6.22. The molecule has 1 amide bonds. The van der Waals surface area contributed by atoms with E-state index in [-0.39, 0.29) is 35.9 Å². The highest BCUT2D eigenvalue weighted by atomic mass is 19.1. The van der Waals surface area contributed by atoms with Gasteiger partial charge in [-0.25, -0.2) is 8.78 Å². The van der Waals surface area contributed by atoms with Crippen LogP contribution in [-0.2, 0) is 4.79 Å². The van der Waals surface area contributed by atoms with E-state index in [2.05, 4.69) is 4.90 Å². The first-order valence-corrected chi connectivity index (χ1v) is 11.1. The molecule has 0 radical (unpaired) electrons. The van der Waals surface area contributed by atoms with Crippen LogP contribution in [0.15, 0.2) is 66.7 Å². The quantitative estimate of drug-likeness (QED) is 0.635. The van der Waals surface area contributed by atoms with Gasteiger partial charge in [0.25, 0.3) is 5.91 Å². The summed E-state index contributed by atoms with van der Waals surface area (Å²) < 4.78 is 38.5. The fourth-order valence-electron chi connectivity index (χ4n) is 4.49. The number of benzene rings is 3. The van der Waals surface area contributed by atoms with E-state index in [1.54, 1.807) is 35.2 Å². The van der Waals surface area contributed by atoms with Crippen LogP contribution in [0, 0.1) is 11.6 Å². The molecule has 2 aliphatic heterocycles. The predicted molar refractivity (Wildman–Crippen MR) is 121 cm³/mol. The molecule has 5 rings (SSSR count). The molecule has 6 nitrogen and oxygen atoms in total. The standard InChI is InChI=1S/C26H24F2N2O4/c27-19-5-1-17(2-6-19)25(18-3-7-20(28)8-4-18)29-11-13-30(14-12-29)26(32)24-16-33-23-15-21(31)9-10-22(23)34-24/h1-10,15,24-25,31H,11-14,16H2. The highest BCUT2D eigenvalue weighted by Gasteiger charge is 2.34. The molecule has 1 N–H and O–H groups in total. The number of hydrogen-bond donors (Lipinski definition) is 1. The summed E-state index contributed by atoms with van der Waals surface area (Å²) in [5.74, 6) is 0.120. The first-order chi connectivity index (χ1) is 16.5. The highest BCUT2D eigenvalue weighted by molar-refractivity contribution is 5.82. The van der Waals surface area contributed by atoms with Crippen LogP contribution in [-0.4, -0.2) is 59.7 Å². The number of halogens is 2. The van der Waals surface area contributed by atoms with Crippen molar-refractivity contribution in [2.75, 3.05) is 32.8 Å². The average Bonchev–Trinajstić information content (AvgIpc) is 2.86. The van der Waals surface area contributed by atoms with E-state index in [0.29, 0.717) is 37.7 Å². The summed E-state index contributed by atoms with van der Waals surface area (Å²) in [4.78, 5) is 17.1. The number of rotatable bonds is 4. The number of fused-ring (bicyclic) bond motifs is 1. The van der Waals surface area contributed by atoms with Crippen molar-refractivity contribution in [1.82, 2.24) is 9.80 Å². The van der Waals surface area contributed by atoms with Crippen molar-refractivity contribution in [3.05, 3.63) is 89.5 Å². The molecule has 0 aliphatic carbocycles. The molecule has 2 heterocycles. The van der Waals surface area contributed by atoms with E-state index in [9.17, 15) is 18.7 Å². The van der Waals surface area contributed by atoms with E-state index in [1.165, 1.54) is 36.4 Å². The van der Waals surface area contributed by atoms with Crippen LogP contribution in [0.1, 0.15) is 17.2 Å². The molecule has 0 spiro atoms. The summed E-state index contributed by atoms with van der Waals surface area (Å²) in [5.41, 5.74) is 1.80. The number of ether oxygens (including phenoxy) is 2. The largest absolute Gasteiger partial charge is 0.508 e. The molecule has 1 saturated heterocycles. The zero-order valence-corrected chi connectivity index (χ0v) is 18.4. The second kappa shape index (κ2) is 9.30. The number of phenolic OH excluding ortho intramolecular Hbond substituents is 1. The molecule has 34 heavy (non-hydrogen) atoms. The minimum Gasteiger partial charge on any atom is -0.508 e. The maximum atomic E-state index is 13.5. The Kier molecular flexibility index (Phi) is 6.06. The van der Waals surface area contributed by atoms with Gasteiger partial charge in [0.2, 0.25) is 6.10 Å². The minimum atomic E-state index is -0.756. The smallest absolute Gasteiger partial charge is 0.267 e. The zero-order valence-electron chi connectivity index (χ0n) is 18.4. The second-order valence-electron chi connectivity index (χ2n) is 8.42. The van der Waals surface area contributed by atoms with Crippen LogP contribution < -0.4 is 9.47 Å². The summed E-state index contributed by atoms with van der Waals surface area (Å²) in [6.45, 7) is 2.22. The molecule has 2 aliphatic rings. The molecule has 0 saturated carbocycles. The third-order valence-corrected chi connectivity index (χ3v) is 6.22. The van der Waals surface area contributed by atoms with Crippen molar-refractivity contribution in [3.63, 3.8) is 0 Å². The average molecular weight is 466 g/mol. The molecule has 176 valence electrons. The number of aromatic hydroxyl groups is 1. The van der Waals surface area contributed by atoms with Gasteiger partial charge in [-0.3, -0.25) is 9.69 Å². The van der Waals surface area contributed by atoms with Crippen molar-refractivity contribution in [2.45, 2.75) is 12.1 Å². The van der Waals surface area contributed by atoms with Gasteiger partial charge >= 0.3 is 0 Å². The number of amides is 1. The number of carbonyl (C=O) groups excluding carboxylic acids is 1. The van der Waals surface area contributed by atoms with Crippen LogP contribution >= 0.6 is 0 Å². The minimum absolute atomic E-state index is 0.0695. The normalized spacial score (nSPS) is 18.2. The molecule has 1 unspecified atom stereocenters. The molecule has 1 atom stereocenters. The summed E-state index contributed by atoms with van der Waals surface area (Å²) in [7, 11) is 0. The van der Waals surface area contributed by atoms with Gasteiger partial charge in [0.05, 0.1) is 6.04 Å². The Labute approximate surface area is 195 Å². The molecule has 3 aromatic rings. The summed E-state index contributed by atoms with van der Waals surface area (Å²) in [6.07, 6.45) is -0.756. The van der Waals surface area contributed by atoms with E-state index in [0.717, 1.165) is 11.1 Å². The van der Waals surface area contributed by atoms with Crippen LogP contribution in [0.4, 0.5) is 8.78 Å². The van der Waals surface area contributed by atoms with Crippen molar-refractivity contribution in [1.29, 1.82) is 0 Å². The monoisotopic (exact) mass is 466 g/mol. The third kappa shape index (κ3) is 4.54. The first kappa shape index (κ1) is 22.2.